The predicted octanol–water partition coefficient (Wildman–Crippen LogP) is 2.92. The van der Waals surface area contributed by atoms with E-state index in [0.717, 1.165) is 34.4 Å². The van der Waals surface area contributed by atoms with Crippen LogP contribution in [0.4, 0.5) is 5.69 Å². The highest BCUT2D eigenvalue weighted by molar-refractivity contribution is 6.11. The summed E-state index contributed by atoms with van der Waals surface area (Å²) in [5, 5.41) is 18.6. The number of aliphatic hydroxyl groups excluding tert-OH is 2. The lowest BCUT2D eigenvalue weighted by atomic mass is 9.95. The van der Waals surface area contributed by atoms with Crippen LogP contribution in [0.3, 0.4) is 0 Å². The second-order valence-corrected chi connectivity index (χ2v) is 7.63. The van der Waals surface area contributed by atoms with Crippen LogP contribution in [0.25, 0.3) is 0 Å². The van der Waals surface area contributed by atoms with Crippen molar-refractivity contribution in [1.82, 2.24) is 0 Å². The first-order valence-corrected chi connectivity index (χ1v) is 10.1. The van der Waals surface area contributed by atoms with E-state index >= 15 is 0 Å². The van der Waals surface area contributed by atoms with Crippen LogP contribution < -0.4 is 10.5 Å². The molecule has 0 saturated heterocycles. The molecule has 3 aromatic rings. The lowest BCUT2D eigenvalue weighted by Gasteiger charge is -2.15. The fourth-order valence-corrected chi connectivity index (χ4v) is 3.92. The van der Waals surface area contributed by atoms with Crippen molar-refractivity contribution >= 4 is 11.5 Å². The normalized spacial score (nSPS) is 13.9. The highest BCUT2D eigenvalue weighted by Gasteiger charge is 2.24. The number of benzene rings is 3. The van der Waals surface area contributed by atoms with E-state index < -0.39 is 6.10 Å². The van der Waals surface area contributed by atoms with Crippen molar-refractivity contribution in [2.75, 3.05) is 18.9 Å². The van der Waals surface area contributed by atoms with Gasteiger partial charge in [-0.1, -0.05) is 48.5 Å². The van der Waals surface area contributed by atoms with E-state index in [0.29, 0.717) is 29.7 Å². The van der Waals surface area contributed by atoms with Gasteiger partial charge in [-0.05, 0) is 48.1 Å². The van der Waals surface area contributed by atoms with Crippen LogP contribution in [-0.2, 0) is 19.3 Å². The summed E-state index contributed by atoms with van der Waals surface area (Å²) in [6.45, 7) is -0.384. The molecule has 3 aromatic carbocycles. The van der Waals surface area contributed by atoms with Crippen molar-refractivity contribution in [1.29, 1.82) is 0 Å². The molecule has 5 heteroatoms. The van der Waals surface area contributed by atoms with Crippen molar-refractivity contribution in [3.63, 3.8) is 0 Å². The molecule has 0 spiro atoms. The zero-order valence-electron chi connectivity index (χ0n) is 16.7. The number of aryl methyl sites for hydroxylation is 1. The van der Waals surface area contributed by atoms with Gasteiger partial charge in [0, 0.05) is 22.4 Å². The van der Waals surface area contributed by atoms with Gasteiger partial charge >= 0.3 is 0 Å². The molecule has 1 aliphatic carbocycles. The Balaban J connectivity index is 1.62. The summed E-state index contributed by atoms with van der Waals surface area (Å²) < 4.78 is 5.70. The number of nitrogen functional groups attached to an aromatic ring is 1. The number of ketones is 1. The molecular weight excluding hydrogens is 378 g/mol. The molecule has 0 aliphatic heterocycles. The lowest BCUT2D eigenvalue weighted by Crippen LogP contribution is -2.22. The first-order valence-electron chi connectivity index (χ1n) is 10.1. The minimum absolute atomic E-state index is 0.0171. The Morgan fingerprint density at radius 1 is 1.00 bits per heavy atom. The number of rotatable bonds is 6. The SMILES string of the molecule is Nc1ccccc1Cc1ccc2c(c1)CCc1c(OCC(O)CO)cccc1C2=O. The first-order chi connectivity index (χ1) is 14.6. The van der Waals surface area contributed by atoms with Crippen LogP contribution in [0.1, 0.15) is 38.2 Å². The van der Waals surface area contributed by atoms with Crippen molar-refractivity contribution in [3.8, 4) is 5.75 Å². The van der Waals surface area contributed by atoms with Crippen LogP contribution in [-0.4, -0.2) is 35.3 Å². The van der Waals surface area contributed by atoms with Crippen molar-refractivity contribution in [3.05, 3.63) is 94.0 Å². The number of carbonyl (C=O) groups excluding carboxylic acids is 1. The summed E-state index contributed by atoms with van der Waals surface area (Å²) in [6.07, 6.45) is 1.15. The van der Waals surface area contributed by atoms with Gasteiger partial charge in [0.25, 0.3) is 0 Å². The molecule has 30 heavy (non-hydrogen) atoms. The van der Waals surface area contributed by atoms with Gasteiger partial charge in [-0.15, -0.1) is 0 Å². The molecule has 4 rings (SSSR count). The van der Waals surface area contributed by atoms with Crippen LogP contribution in [0.5, 0.6) is 5.75 Å². The minimum atomic E-state index is -0.951. The summed E-state index contributed by atoms with van der Waals surface area (Å²) in [6, 6.07) is 19.2. The van der Waals surface area contributed by atoms with E-state index in [1.165, 1.54) is 0 Å². The van der Waals surface area contributed by atoms with Gasteiger partial charge in [0.15, 0.2) is 5.78 Å². The highest BCUT2D eigenvalue weighted by atomic mass is 16.5. The van der Waals surface area contributed by atoms with Crippen LogP contribution in [0.2, 0.25) is 0 Å². The average molecular weight is 403 g/mol. The summed E-state index contributed by atoms with van der Waals surface area (Å²) in [5.41, 5.74) is 12.2. The molecular formula is C25H25NO4. The average Bonchev–Trinajstić information content (AvgIpc) is 2.90. The molecule has 0 heterocycles. The van der Waals surface area contributed by atoms with E-state index in [2.05, 4.69) is 6.07 Å². The predicted molar refractivity (Wildman–Crippen MR) is 116 cm³/mol. The Morgan fingerprint density at radius 3 is 2.63 bits per heavy atom. The maximum atomic E-state index is 13.2. The molecule has 1 aliphatic rings. The van der Waals surface area contributed by atoms with Crippen molar-refractivity contribution in [2.45, 2.75) is 25.4 Å². The Labute approximate surface area is 175 Å². The standard InChI is InChI=1S/C25H25NO4/c26-23-6-2-1-4-18(23)13-16-8-10-20-17(12-16)9-11-21-22(25(20)29)5-3-7-24(21)30-15-19(28)14-27/h1-8,10,12,19,27-28H,9,11,13-15,26H2. The number of para-hydroxylation sites is 1. The fraction of sp³-hybridized carbons (Fsp3) is 0.240. The number of anilines is 1. The molecule has 0 aromatic heterocycles. The number of hydrogen-bond acceptors (Lipinski definition) is 5. The number of nitrogens with two attached hydrogens (primary N) is 1. The Bertz CT molecular complexity index is 1080. The van der Waals surface area contributed by atoms with E-state index in [1.54, 1.807) is 12.1 Å². The monoisotopic (exact) mass is 403 g/mol. The molecule has 0 fully saturated rings. The molecule has 0 radical (unpaired) electrons. The summed E-state index contributed by atoms with van der Waals surface area (Å²) >= 11 is 0. The van der Waals surface area contributed by atoms with E-state index in [-0.39, 0.29) is 19.0 Å². The highest BCUT2D eigenvalue weighted by Crippen LogP contribution is 2.31. The van der Waals surface area contributed by atoms with Crippen molar-refractivity contribution < 1.29 is 19.7 Å². The van der Waals surface area contributed by atoms with E-state index in [1.807, 2.05) is 42.5 Å². The second kappa shape index (κ2) is 8.69. The second-order valence-electron chi connectivity index (χ2n) is 7.63. The number of ether oxygens (including phenoxy) is 1. The lowest BCUT2D eigenvalue weighted by molar-refractivity contribution is 0.0533. The largest absolute Gasteiger partial charge is 0.490 e. The zero-order valence-corrected chi connectivity index (χ0v) is 16.7. The minimum Gasteiger partial charge on any atom is -0.490 e. The maximum Gasteiger partial charge on any atom is 0.193 e. The molecule has 0 amide bonds. The Hall–Kier alpha value is -3.15. The first kappa shape index (κ1) is 20.1. The summed E-state index contributed by atoms with van der Waals surface area (Å²) in [5.74, 6) is 0.565. The Kier molecular flexibility index (Phi) is 5.84. The smallest absolute Gasteiger partial charge is 0.193 e. The third-order valence-corrected chi connectivity index (χ3v) is 5.53. The van der Waals surface area contributed by atoms with Gasteiger partial charge in [0.2, 0.25) is 0 Å². The third kappa shape index (κ3) is 4.08. The van der Waals surface area contributed by atoms with Gasteiger partial charge < -0.3 is 20.7 Å². The van der Waals surface area contributed by atoms with Gasteiger partial charge in [-0.3, -0.25) is 4.79 Å². The van der Waals surface area contributed by atoms with E-state index in [4.69, 9.17) is 15.6 Å². The van der Waals surface area contributed by atoms with Gasteiger partial charge in [0.1, 0.15) is 18.5 Å². The number of fused-ring (bicyclic) bond motifs is 2. The molecule has 1 atom stereocenters. The maximum absolute atomic E-state index is 13.2. The number of aliphatic hydroxyl groups is 2. The molecule has 154 valence electrons. The third-order valence-electron chi connectivity index (χ3n) is 5.53. The summed E-state index contributed by atoms with van der Waals surface area (Å²) in [7, 11) is 0. The molecule has 0 bridgehead atoms. The van der Waals surface area contributed by atoms with Gasteiger partial charge in [-0.2, -0.15) is 0 Å². The molecule has 0 saturated carbocycles. The van der Waals surface area contributed by atoms with Gasteiger partial charge in [-0.25, -0.2) is 0 Å². The molecule has 5 nitrogen and oxygen atoms in total. The fourth-order valence-electron chi connectivity index (χ4n) is 3.92. The molecule has 1 unspecified atom stereocenters. The Morgan fingerprint density at radius 2 is 1.83 bits per heavy atom. The zero-order chi connectivity index (χ0) is 21.1. The van der Waals surface area contributed by atoms with Crippen LogP contribution in [0, 0.1) is 0 Å². The van der Waals surface area contributed by atoms with Crippen LogP contribution >= 0.6 is 0 Å². The number of hydrogen-bond donors (Lipinski definition) is 3. The van der Waals surface area contributed by atoms with Gasteiger partial charge in [0.05, 0.1) is 6.61 Å². The quantitative estimate of drug-likeness (QED) is 0.551. The topological polar surface area (TPSA) is 92.8 Å². The molecule has 4 N–H and O–H groups in total. The van der Waals surface area contributed by atoms with Crippen LogP contribution in [0.15, 0.2) is 60.7 Å². The van der Waals surface area contributed by atoms with E-state index in [9.17, 15) is 9.90 Å². The summed E-state index contributed by atoms with van der Waals surface area (Å²) in [4.78, 5) is 13.2. The number of carbonyl (C=O) groups is 1. The van der Waals surface area contributed by atoms with Crippen molar-refractivity contribution in [2.24, 2.45) is 0 Å².